The molecule has 0 N–H and O–H groups in total. The molecule has 162 valence electrons. The lowest BCUT2D eigenvalue weighted by molar-refractivity contribution is -0.141. The van der Waals surface area contributed by atoms with Crippen molar-refractivity contribution in [2.45, 2.75) is 18.7 Å². The molecule has 3 aliphatic rings. The van der Waals surface area contributed by atoms with Crippen molar-refractivity contribution < 1.29 is 27.4 Å². The number of nitrogens with zero attached hydrogens (tertiary/aromatic N) is 2. The second-order valence-corrected chi connectivity index (χ2v) is 10.6. The highest BCUT2D eigenvalue weighted by molar-refractivity contribution is 8.14. The van der Waals surface area contributed by atoms with E-state index in [1.807, 2.05) is 47.4 Å². The first-order chi connectivity index (χ1) is 15.0. The van der Waals surface area contributed by atoms with Crippen LogP contribution in [0.25, 0.3) is 0 Å². The fraction of sp³-hybridized carbons (Fsp3) is 0.333. The van der Waals surface area contributed by atoms with E-state index < -0.39 is 9.84 Å². The van der Waals surface area contributed by atoms with E-state index in [4.69, 9.17) is 14.2 Å². The molecule has 0 radical (unpaired) electrons. The van der Waals surface area contributed by atoms with Gasteiger partial charge in [-0.1, -0.05) is 42.1 Å². The molecule has 2 aromatic rings. The van der Waals surface area contributed by atoms with Gasteiger partial charge in [-0.25, -0.2) is 8.42 Å². The van der Waals surface area contributed by atoms with Gasteiger partial charge in [0.1, 0.15) is 6.61 Å². The molecule has 0 saturated carbocycles. The van der Waals surface area contributed by atoms with Gasteiger partial charge in [-0.3, -0.25) is 9.79 Å². The highest BCUT2D eigenvalue weighted by Gasteiger charge is 2.47. The summed E-state index contributed by atoms with van der Waals surface area (Å²) in [6.07, 6.45) is 0. The number of hydrogen-bond acceptors (Lipinski definition) is 9. The number of anilines is 1. The van der Waals surface area contributed by atoms with Crippen LogP contribution in [0.5, 0.6) is 11.5 Å². The molecule has 1 saturated heterocycles. The van der Waals surface area contributed by atoms with Crippen molar-refractivity contribution in [2.24, 2.45) is 4.99 Å². The highest BCUT2D eigenvalue weighted by Crippen LogP contribution is 2.40. The number of thioether (sulfide) groups is 1. The van der Waals surface area contributed by atoms with Crippen molar-refractivity contribution in [1.29, 1.82) is 0 Å². The molecule has 0 unspecified atom stereocenters. The largest absolute Gasteiger partial charge is 0.460 e. The molecule has 0 spiro atoms. The second kappa shape index (κ2) is 8.08. The monoisotopic (exact) mass is 460 g/mol. The van der Waals surface area contributed by atoms with Crippen LogP contribution in [-0.2, 0) is 26.0 Å². The molecule has 1 fully saturated rings. The Morgan fingerprint density at radius 2 is 1.94 bits per heavy atom. The van der Waals surface area contributed by atoms with Gasteiger partial charge in [0.25, 0.3) is 0 Å². The summed E-state index contributed by atoms with van der Waals surface area (Å²) in [4.78, 5) is 18.8. The van der Waals surface area contributed by atoms with Crippen molar-refractivity contribution >= 4 is 38.4 Å². The molecule has 3 heterocycles. The molecule has 2 aromatic carbocycles. The number of sulfone groups is 1. The first-order valence-electron chi connectivity index (χ1n) is 9.78. The number of ether oxygens (including phenoxy) is 3. The number of benzene rings is 2. The maximum absolute atomic E-state index is 12.3. The molecule has 0 aliphatic carbocycles. The second-order valence-electron chi connectivity index (χ2n) is 7.47. The molecule has 0 amide bonds. The van der Waals surface area contributed by atoms with Gasteiger partial charge in [0.2, 0.25) is 6.79 Å². The molecule has 10 heteroatoms. The van der Waals surface area contributed by atoms with Crippen molar-refractivity contribution in [3.8, 4) is 11.5 Å². The Kier molecular flexibility index (Phi) is 5.27. The quantitative estimate of drug-likeness (QED) is 0.627. The zero-order chi connectivity index (χ0) is 21.4. The zero-order valence-electron chi connectivity index (χ0n) is 16.5. The minimum atomic E-state index is -3.16. The van der Waals surface area contributed by atoms with Crippen molar-refractivity contribution in [1.82, 2.24) is 0 Å². The van der Waals surface area contributed by atoms with Gasteiger partial charge in [0.05, 0.1) is 29.3 Å². The minimum absolute atomic E-state index is 0.0151. The highest BCUT2D eigenvalue weighted by atomic mass is 32.2. The summed E-state index contributed by atoms with van der Waals surface area (Å²) in [5, 5.41) is 0.612. The third kappa shape index (κ3) is 4.22. The van der Waals surface area contributed by atoms with Gasteiger partial charge in [-0.15, -0.1) is 0 Å². The lowest BCUT2D eigenvalue weighted by Crippen LogP contribution is -2.39. The van der Waals surface area contributed by atoms with Gasteiger partial charge in [-0.05, 0) is 17.7 Å². The van der Waals surface area contributed by atoms with E-state index >= 15 is 0 Å². The van der Waals surface area contributed by atoms with Gasteiger partial charge in [0, 0.05) is 11.8 Å². The number of amidine groups is 1. The molecule has 31 heavy (non-hydrogen) atoms. The normalized spacial score (nSPS) is 22.8. The standard InChI is InChI=1S/C21H20N2O6S2/c24-20(27-9-14-4-2-1-3-5-14)10-30-21-22-16-11-31(25,26)12-17(16)23(21)15-6-7-18-19(8-15)29-13-28-18/h1-8,16-17H,9-13H2/t16-,17+/m0/s1. The molecule has 8 nitrogen and oxygen atoms in total. The summed E-state index contributed by atoms with van der Waals surface area (Å²) < 4.78 is 40.6. The van der Waals surface area contributed by atoms with Crippen molar-refractivity contribution in [3.05, 3.63) is 54.1 Å². The third-order valence-electron chi connectivity index (χ3n) is 5.30. The van der Waals surface area contributed by atoms with E-state index in [0.29, 0.717) is 16.7 Å². The van der Waals surface area contributed by atoms with Crippen molar-refractivity contribution in [3.63, 3.8) is 0 Å². The van der Waals surface area contributed by atoms with Crippen LogP contribution >= 0.6 is 11.8 Å². The maximum Gasteiger partial charge on any atom is 0.316 e. The number of fused-ring (bicyclic) bond motifs is 2. The SMILES string of the molecule is O=C(CSC1=N[C@H]2CS(=O)(=O)C[C@H]2N1c1ccc2c(c1)OCO2)OCc1ccccc1. The summed E-state index contributed by atoms with van der Waals surface area (Å²) in [5.74, 6) is 1.02. The summed E-state index contributed by atoms with van der Waals surface area (Å²) >= 11 is 1.25. The number of carbonyl (C=O) groups excluding carboxylic acids is 1. The predicted molar refractivity (Wildman–Crippen MR) is 117 cm³/mol. The average molecular weight is 461 g/mol. The van der Waals surface area contributed by atoms with Crippen LogP contribution in [-0.4, -0.2) is 55.7 Å². The Morgan fingerprint density at radius 3 is 2.77 bits per heavy atom. The van der Waals surface area contributed by atoms with E-state index in [1.165, 1.54) is 11.8 Å². The molecule has 3 aliphatic heterocycles. The molecule has 0 aromatic heterocycles. The van der Waals surface area contributed by atoms with E-state index in [2.05, 4.69) is 4.99 Å². The number of hydrogen-bond donors (Lipinski definition) is 0. The minimum Gasteiger partial charge on any atom is -0.460 e. The summed E-state index contributed by atoms with van der Waals surface area (Å²) in [6.45, 7) is 0.365. The number of esters is 1. The Morgan fingerprint density at radius 1 is 1.13 bits per heavy atom. The fourth-order valence-electron chi connectivity index (χ4n) is 3.87. The fourth-order valence-corrected chi connectivity index (χ4v) is 6.64. The Balaban J connectivity index is 1.31. The van der Waals surface area contributed by atoms with Crippen LogP contribution in [0.3, 0.4) is 0 Å². The van der Waals surface area contributed by atoms with E-state index in [-0.39, 0.29) is 48.7 Å². The maximum atomic E-state index is 12.3. The van der Waals surface area contributed by atoms with Crippen molar-refractivity contribution in [2.75, 3.05) is 29.0 Å². The van der Waals surface area contributed by atoms with Gasteiger partial charge < -0.3 is 19.1 Å². The van der Waals surface area contributed by atoms with Crippen LogP contribution in [0.15, 0.2) is 53.5 Å². The van der Waals surface area contributed by atoms with Gasteiger partial charge in [-0.2, -0.15) is 0 Å². The van der Waals surface area contributed by atoms with Crippen LogP contribution in [0.2, 0.25) is 0 Å². The average Bonchev–Trinajstić information content (AvgIpc) is 3.42. The van der Waals surface area contributed by atoms with Crippen LogP contribution in [0, 0.1) is 0 Å². The van der Waals surface area contributed by atoms with Gasteiger partial charge >= 0.3 is 5.97 Å². The summed E-state index contributed by atoms with van der Waals surface area (Å²) in [5.41, 5.74) is 1.68. The van der Waals surface area contributed by atoms with E-state index in [0.717, 1.165) is 11.3 Å². The molecule has 0 bridgehead atoms. The van der Waals surface area contributed by atoms with Crippen LogP contribution < -0.4 is 14.4 Å². The third-order valence-corrected chi connectivity index (χ3v) is 7.94. The number of rotatable bonds is 5. The topological polar surface area (TPSA) is 94.5 Å². The summed E-state index contributed by atoms with van der Waals surface area (Å²) in [6, 6.07) is 14.3. The lowest BCUT2D eigenvalue weighted by atomic mass is 10.1. The lowest BCUT2D eigenvalue weighted by Gasteiger charge is -2.26. The zero-order valence-corrected chi connectivity index (χ0v) is 18.1. The van der Waals surface area contributed by atoms with Crippen LogP contribution in [0.1, 0.15) is 5.56 Å². The molecular weight excluding hydrogens is 440 g/mol. The first-order valence-corrected chi connectivity index (χ1v) is 12.6. The summed E-state index contributed by atoms with van der Waals surface area (Å²) in [7, 11) is -3.16. The Hall–Kier alpha value is -2.72. The van der Waals surface area contributed by atoms with E-state index in [9.17, 15) is 13.2 Å². The molecular formula is C21H20N2O6S2. The molecule has 5 rings (SSSR count). The number of aliphatic imine (C=N–C) groups is 1. The Bertz CT molecular complexity index is 1140. The van der Waals surface area contributed by atoms with Crippen LogP contribution in [0.4, 0.5) is 5.69 Å². The first kappa shape index (κ1) is 20.2. The van der Waals surface area contributed by atoms with Gasteiger partial charge in [0.15, 0.2) is 26.5 Å². The smallest absolute Gasteiger partial charge is 0.316 e. The number of carbonyl (C=O) groups is 1. The van der Waals surface area contributed by atoms with E-state index in [1.54, 1.807) is 6.07 Å². The molecule has 2 atom stereocenters. The predicted octanol–water partition coefficient (Wildman–Crippen LogP) is 2.23. The Labute approximate surface area is 184 Å².